The molecule has 43 heavy (non-hydrogen) atoms. The molecule has 1 fully saturated rings. The molecule has 3 heterocycles. The molecule has 0 amide bonds. The van der Waals surface area contributed by atoms with Gasteiger partial charge in [-0.1, -0.05) is 36.4 Å². The fourth-order valence-corrected chi connectivity index (χ4v) is 5.78. The minimum Gasteiger partial charge on any atom is -0.438 e. The van der Waals surface area contributed by atoms with E-state index in [9.17, 15) is 17.4 Å². The SMILES string of the molecule is Cc1ccccc1-c1nc(NS(=O)c2cnn(C)c2)nc(Oc2ccc(C3CCCN(C)C3)cc2)c1C(F)(F)C(F)(F)F. The van der Waals surface area contributed by atoms with E-state index in [4.69, 9.17) is 4.74 Å². The Labute approximate surface area is 247 Å². The number of hydrogen-bond acceptors (Lipinski definition) is 6. The molecule has 0 saturated carbocycles. The molecule has 14 heteroatoms. The zero-order valence-electron chi connectivity index (χ0n) is 23.5. The molecule has 8 nitrogen and oxygen atoms in total. The largest absolute Gasteiger partial charge is 0.458 e. The molecule has 228 valence electrons. The Morgan fingerprint density at radius 1 is 1.02 bits per heavy atom. The van der Waals surface area contributed by atoms with Crippen molar-refractivity contribution in [1.82, 2.24) is 24.6 Å². The quantitative estimate of drug-likeness (QED) is 0.224. The Hall–Kier alpha value is -3.91. The summed E-state index contributed by atoms with van der Waals surface area (Å²) in [5.41, 5.74) is -0.881. The number of nitrogens with zero attached hydrogens (tertiary/aromatic N) is 5. The number of benzene rings is 2. The fraction of sp³-hybridized carbons (Fsp3) is 0.345. The predicted molar refractivity (Wildman–Crippen MR) is 151 cm³/mol. The average Bonchev–Trinajstić information content (AvgIpc) is 3.39. The van der Waals surface area contributed by atoms with Crippen LogP contribution in [0.1, 0.15) is 35.4 Å². The number of piperidine rings is 1. The number of halogens is 5. The van der Waals surface area contributed by atoms with E-state index in [-0.39, 0.29) is 22.1 Å². The van der Waals surface area contributed by atoms with Crippen LogP contribution in [0, 0.1) is 6.92 Å². The number of hydrogen-bond donors (Lipinski definition) is 1. The minimum atomic E-state index is -5.99. The molecular formula is C29H29F5N6O2S. The highest BCUT2D eigenvalue weighted by molar-refractivity contribution is 7.86. The van der Waals surface area contributed by atoms with Crippen LogP contribution in [0.5, 0.6) is 11.6 Å². The van der Waals surface area contributed by atoms with Crippen LogP contribution in [0.4, 0.5) is 27.9 Å². The minimum absolute atomic E-state index is 0.000603. The molecule has 1 aliphatic heterocycles. The molecule has 0 aliphatic carbocycles. The number of alkyl halides is 5. The summed E-state index contributed by atoms with van der Waals surface area (Å²) in [5.74, 6) is -6.64. The average molecular weight is 621 g/mol. The van der Waals surface area contributed by atoms with Gasteiger partial charge in [0.15, 0.2) is 11.0 Å². The van der Waals surface area contributed by atoms with Gasteiger partial charge in [-0.3, -0.25) is 9.40 Å². The highest BCUT2D eigenvalue weighted by Gasteiger charge is 2.62. The topological polar surface area (TPSA) is 85.2 Å². The van der Waals surface area contributed by atoms with E-state index in [0.717, 1.165) is 31.5 Å². The number of anilines is 1. The smallest absolute Gasteiger partial charge is 0.438 e. The molecule has 0 bridgehead atoms. The van der Waals surface area contributed by atoms with Gasteiger partial charge in [0.25, 0.3) is 0 Å². The molecule has 5 rings (SSSR count). The van der Waals surface area contributed by atoms with E-state index >= 15 is 8.78 Å². The zero-order chi connectivity index (χ0) is 30.9. The molecule has 2 atom stereocenters. The number of aromatic nitrogens is 4. The van der Waals surface area contributed by atoms with E-state index in [1.54, 1.807) is 38.2 Å². The summed E-state index contributed by atoms with van der Waals surface area (Å²) in [6.07, 6.45) is -1.24. The first kappa shape index (κ1) is 30.5. The number of nitrogens with one attached hydrogen (secondary N) is 1. The Balaban J connectivity index is 1.63. The first-order chi connectivity index (χ1) is 20.3. The van der Waals surface area contributed by atoms with Crippen LogP contribution in [-0.2, 0) is 24.0 Å². The third-order valence-corrected chi connectivity index (χ3v) is 8.22. The van der Waals surface area contributed by atoms with Crippen molar-refractivity contribution in [2.45, 2.75) is 42.7 Å². The van der Waals surface area contributed by atoms with E-state index in [0.29, 0.717) is 5.56 Å². The second-order valence-corrected chi connectivity index (χ2v) is 11.7. The normalized spacial score (nSPS) is 17.1. The van der Waals surface area contributed by atoms with Gasteiger partial charge in [0, 0.05) is 25.4 Å². The van der Waals surface area contributed by atoms with E-state index in [1.165, 1.54) is 41.3 Å². The second-order valence-electron chi connectivity index (χ2n) is 10.5. The van der Waals surface area contributed by atoms with Gasteiger partial charge in [0.2, 0.25) is 11.8 Å². The van der Waals surface area contributed by atoms with E-state index < -0.39 is 46.2 Å². The Morgan fingerprint density at radius 3 is 2.37 bits per heavy atom. The van der Waals surface area contributed by atoms with Gasteiger partial charge < -0.3 is 9.64 Å². The summed E-state index contributed by atoms with van der Waals surface area (Å²) in [6.45, 7) is 3.39. The van der Waals surface area contributed by atoms with Crippen LogP contribution in [0.15, 0.2) is 65.8 Å². The van der Waals surface area contributed by atoms with E-state index in [2.05, 4.69) is 24.7 Å². The van der Waals surface area contributed by atoms with Crippen molar-refractivity contribution in [2.75, 3.05) is 24.9 Å². The summed E-state index contributed by atoms with van der Waals surface area (Å²) in [6, 6.07) is 12.6. The van der Waals surface area contributed by atoms with Crippen LogP contribution in [0.3, 0.4) is 0 Å². The zero-order valence-corrected chi connectivity index (χ0v) is 24.3. The number of likely N-dealkylation sites (N-methyl/N-ethyl adjacent to an activating group) is 1. The summed E-state index contributed by atoms with van der Waals surface area (Å²) < 4.78 is 94.9. The molecule has 0 spiro atoms. The monoisotopic (exact) mass is 620 g/mol. The van der Waals surface area contributed by atoms with E-state index in [1.807, 2.05) is 7.05 Å². The van der Waals surface area contributed by atoms with Crippen LogP contribution < -0.4 is 9.46 Å². The van der Waals surface area contributed by atoms with Crippen molar-refractivity contribution in [3.63, 3.8) is 0 Å². The lowest BCUT2D eigenvalue weighted by atomic mass is 9.91. The summed E-state index contributed by atoms with van der Waals surface area (Å²) in [4.78, 5) is 10.4. The molecule has 2 aromatic heterocycles. The highest BCUT2D eigenvalue weighted by Crippen LogP contribution is 2.51. The second kappa shape index (κ2) is 12.0. The Kier molecular flexibility index (Phi) is 8.52. The van der Waals surface area contributed by atoms with Crippen molar-refractivity contribution < 1.29 is 30.9 Å². The van der Waals surface area contributed by atoms with Gasteiger partial charge in [-0.25, -0.2) is 9.19 Å². The molecule has 1 N–H and O–H groups in total. The number of rotatable bonds is 8. The lowest BCUT2D eigenvalue weighted by Gasteiger charge is -2.30. The number of ether oxygens (including phenoxy) is 1. The molecular weight excluding hydrogens is 591 g/mol. The number of aryl methyl sites for hydroxylation is 2. The van der Waals surface area contributed by atoms with Crippen LogP contribution >= 0.6 is 0 Å². The Bertz CT molecular complexity index is 1630. The van der Waals surface area contributed by atoms with Gasteiger partial charge in [-0.2, -0.15) is 32.0 Å². The van der Waals surface area contributed by atoms with Gasteiger partial charge in [0.05, 0.1) is 16.8 Å². The molecule has 4 aromatic rings. The lowest BCUT2D eigenvalue weighted by molar-refractivity contribution is -0.289. The maximum absolute atomic E-state index is 15.3. The molecule has 0 radical (unpaired) electrons. The van der Waals surface area contributed by atoms with Crippen LogP contribution in [0.25, 0.3) is 11.3 Å². The predicted octanol–water partition coefficient (Wildman–Crippen LogP) is 6.58. The van der Waals surface area contributed by atoms with Gasteiger partial charge in [-0.15, -0.1) is 0 Å². The summed E-state index contributed by atoms with van der Waals surface area (Å²) in [5, 5.41) is 3.94. The van der Waals surface area contributed by atoms with Crippen LogP contribution in [-0.4, -0.2) is 55.2 Å². The first-order valence-electron chi connectivity index (χ1n) is 13.4. The number of likely N-dealkylation sites (tertiary alicyclic amines) is 1. The summed E-state index contributed by atoms with van der Waals surface area (Å²) in [7, 11) is 1.61. The van der Waals surface area contributed by atoms with Crippen molar-refractivity contribution in [1.29, 1.82) is 0 Å². The van der Waals surface area contributed by atoms with Crippen molar-refractivity contribution >= 4 is 16.9 Å². The van der Waals surface area contributed by atoms with Crippen LogP contribution in [0.2, 0.25) is 0 Å². The van der Waals surface area contributed by atoms with Crippen molar-refractivity contribution in [3.8, 4) is 22.9 Å². The van der Waals surface area contributed by atoms with Gasteiger partial charge in [-0.05, 0) is 62.5 Å². The molecule has 1 saturated heterocycles. The fourth-order valence-electron chi connectivity index (χ4n) is 5.01. The third-order valence-electron chi connectivity index (χ3n) is 7.22. The standard InChI is InChI=1S/C29H29F5N6O2S/c1-18-7-4-5-9-23(18)25-24(28(30,31)29(32,33)34)26(37-27(36-25)38-43(41)22-15-35-40(3)17-22)42-21-12-10-19(11-13-21)20-8-6-14-39(2)16-20/h4-5,7,9-13,15,17,20H,6,8,14,16H2,1-3H3,(H,36,37,38). The highest BCUT2D eigenvalue weighted by atomic mass is 32.2. The summed E-state index contributed by atoms with van der Waals surface area (Å²) >= 11 is 0. The lowest BCUT2D eigenvalue weighted by Crippen LogP contribution is -2.35. The van der Waals surface area contributed by atoms with Crippen molar-refractivity contribution in [2.24, 2.45) is 7.05 Å². The maximum Gasteiger partial charge on any atom is 0.458 e. The first-order valence-corrected chi connectivity index (χ1v) is 14.5. The van der Waals surface area contributed by atoms with Gasteiger partial charge >= 0.3 is 12.1 Å². The van der Waals surface area contributed by atoms with Gasteiger partial charge in [0.1, 0.15) is 11.3 Å². The molecule has 2 unspecified atom stereocenters. The third kappa shape index (κ3) is 6.54. The Morgan fingerprint density at radius 2 is 1.74 bits per heavy atom. The maximum atomic E-state index is 15.3. The van der Waals surface area contributed by atoms with Crippen molar-refractivity contribution in [3.05, 3.63) is 77.6 Å². The molecule has 2 aromatic carbocycles. The molecule has 1 aliphatic rings.